The van der Waals surface area contributed by atoms with Crippen molar-refractivity contribution in [3.05, 3.63) is 46.3 Å². The van der Waals surface area contributed by atoms with E-state index in [1.807, 2.05) is 49.6 Å². The van der Waals surface area contributed by atoms with Crippen LogP contribution in [0.25, 0.3) is 10.9 Å². The summed E-state index contributed by atoms with van der Waals surface area (Å²) in [7, 11) is 0. The highest BCUT2D eigenvalue weighted by molar-refractivity contribution is 7.98. The van der Waals surface area contributed by atoms with E-state index >= 15 is 0 Å². The second-order valence-corrected chi connectivity index (χ2v) is 8.31. The van der Waals surface area contributed by atoms with Crippen molar-refractivity contribution in [3.8, 4) is 0 Å². The van der Waals surface area contributed by atoms with Gasteiger partial charge in [-0.25, -0.2) is 4.98 Å². The van der Waals surface area contributed by atoms with E-state index < -0.39 is 0 Å². The molecule has 130 valence electrons. The van der Waals surface area contributed by atoms with Crippen molar-refractivity contribution in [1.82, 2.24) is 19.7 Å². The number of rotatable bonds is 4. The molecule has 0 atom stereocenters. The average Bonchev–Trinajstić information content (AvgIpc) is 3.28. The molecule has 1 aromatic carbocycles. The highest BCUT2D eigenvalue weighted by Crippen LogP contribution is 2.37. The van der Waals surface area contributed by atoms with Crippen LogP contribution in [0.3, 0.4) is 0 Å². The molecule has 4 rings (SSSR count). The molecule has 0 saturated heterocycles. The Morgan fingerprint density at radius 3 is 2.68 bits per heavy atom. The Labute approximate surface area is 149 Å². The van der Waals surface area contributed by atoms with Crippen LogP contribution in [-0.2, 0) is 11.2 Å². The minimum atomic E-state index is -0.149. The molecule has 6 nitrogen and oxygen atoms in total. The van der Waals surface area contributed by atoms with Gasteiger partial charge in [-0.15, -0.1) is 0 Å². The number of hydrogen-bond acceptors (Lipinski definition) is 6. The van der Waals surface area contributed by atoms with Crippen molar-refractivity contribution in [3.63, 3.8) is 0 Å². The van der Waals surface area contributed by atoms with Crippen molar-refractivity contribution in [1.29, 1.82) is 0 Å². The van der Waals surface area contributed by atoms with E-state index in [0.29, 0.717) is 22.9 Å². The first-order chi connectivity index (χ1) is 11.9. The Morgan fingerprint density at radius 1 is 1.24 bits per heavy atom. The molecule has 2 aromatic heterocycles. The summed E-state index contributed by atoms with van der Waals surface area (Å²) < 4.78 is 7.18. The number of fused-ring (bicyclic) bond motifs is 1. The topological polar surface area (TPSA) is 73.8 Å². The number of hydrogen-bond donors (Lipinski definition) is 0. The summed E-state index contributed by atoms with van der Waals surface area (Å²) in [6.45, 7) is 6.14. The molecule has 0 unspecified atom stereocenters. The number of thioether (sulfide) groups is 1. The highest BCUT2D eigenvalue weighted by Gasteiger charge is 2.29. The van der Waals surface area contributed by atoms with Gasteiger partial charge in [0.1, 0.15) is 0 Å². The third-order valence-corrected chi connectivity index (χ3v) is 5.09. The smallest absolute Gasteiger partial charge is 0.262 e. The van der Waals surface area contributed by atoms with E-state index in [4.69, 9.17) is 9.51 Å². The first-order valence-corrected chi connectivity index (χ1v) is 9.39. The molecular weight excluding hydrogens is 336 g/mol. The van der Waals surface area contributed by atoms with Crippen LogP contribution in [0.2, 0.25) is 0 Å². The molecule has 0 radical (unpaired) electrons. The molecule has 0 N–H and O–H groups in total. The molecule has 1 fully saturated rings. The SMILES string of the molecule is CC(C)(C)c1noc(CSc2nc3ccccc3c(=O)n2C2CC2)n1. The summed E-state index contributed by atoms with van der Waals surface area (Å²) in [6, 6.07) is 7.76. The van der Waals surface area contributed by atoms with Gasteiger partial charge in [-0.3, -0.25) is 9.36 Å². The molecule has 2 heterocycles. The van der Waals surface area contributed by atoms with E-state index in [-0.39, 0.29) is 17.0 Å². The van der Waals surface area contributed by atoms with Gasteiger partial charge in [-0.2, -0.15) is 4.98 Å². The molecule has 1 aliphatic carbocycles. The first kappa shape index (κ1) is 16.3. The van der Waals surface area contributed by atoms with Crippen molar-refractivity contribution in [2.75, 3.05) is 0 Å². The Balaban J connectivity index is 1.66. The number of benzene rings is 1. The fourth-order valence-corrected chi connectivity index (χ4v) is 3.53. The largest absolute Gasteiger partial charge is 0.338 e. The van der Waals surface area contributed by atoms with E-state index in [1.54, 1.807) is 0 Å². The van der Waals surface area contributed by atoms with Gasteiger partial charge in [0.2, 0.25) is 5.89 Å². The lowest BCUT2D eigenvalue weighted by Gasteiger charge is -2.11. The fourth-order valence-electron chi connectivity index (χ4n) is 2.63. The Hall–Kier alpha value is -2.15. The standard InChI is InChI=1S/C18H20N4O2S/c1-18(2,3)16-20-14(24-21-16)10-25-17-19-13-7-5-4-6-12(13)15(23)22(17)11-8-9-11/h4-7,11H,8-10H2,1-3H3. The van der Waals surface area contributed by atoms with Gasteiger partial charge in [0, 0.05) is 11.5 Å². The Bertz CT molecular complexity index is 983. The lowest BCUT2D eigenvalue weighted by Crippen LogP contribution is -2.22. The second-order valence-electron chi connectivity index (χ2n) is 7.37. The number of aromatic nitrogens is 4. The lowest BCUT2D eigenvalue weighted by atomic mass is 9.96. The fraction of sp³-hybridized carbons (Fsp3) is 0.444. The maximum atomic E-state index is 12.8. The molecular formula is C18H20N4O2S. The number of nitrogens with zero attached hydrogens (tertiary/aromatic N) is 4. The molecule has 7 heteroatoms. The van der Waals surface area contributed by atoms with Gasteiger partial charge >= 0.3 is 0 Å². The quantitative estimate of drug-likeness (QED) is 0.524. The van der Waals surface area contributed by atoms with Crippen molar-refractivity contribution < 1.29 is 4.52 Å². The van der Waals surface area contributed by atoms with Crippen LogP contribution < -0.4 is 5.56 Å². The summed E-state index contributed by atoms with van der Waals surface area (Å²) in [4.78, 5) is 22.0. The summed E-state index contributed by atoms with van der Waals surface area (Å²) >= 11 is 1.48. The second kappa shape index (κ2) is 5.98. The summed E-state index contributed by atoms with van der Waals surface area (Å²) in [6.07, 6.45) is 2.06. The van der Waals surface area contributed by atoms with Gasteiger partial charge in [-0.05, 0) is 25.0 Å². The average molecular weight is 356 g/mol. The monoisotopic (exact) mass is 356 g/mol. The van der Waals surface area contributed by atoms with Crippen LogP contribution in [0.4, 0.5) is 0 Å². The van der Waals surface area contributed by atoms with Crippen molar-refractivity contribution in [2.24, 2.45) is 0 Å². The maximum absolute atomic E-state index is 12.8. The highest BCUT2D eigenvalue weighted by atomic mass is 32.2. The zero-order valence-electron chi connectivity index (χ0n) is 14.5. The minimum absolute atomic E-state index is 0.0384. The minimum Gasteiger partial charge on any atom is -0.338 e. The molecule has 0 amide bonds. The van der Waals surface area contributed by atoms with Crippen LogP contribution in [0.15, 0.2) is 38.7 Å². The molecule has 3 aromatic rings. The predicted octanol–water partition coefficient (Wildman–Crippen LogP) is 3.70. The Kier molecular flexibility index (Phi) is 3.91. The van der Waals surface area contributed by atoms with Gasteiger partial charge in [-0.1, -0.05) is 49.8 Å². The van der Waals surface area contributed by atoms with Gasteiger partial charge in [0.05, 0.1) is 16.7 Å². The zero-order chi connectivity index (χ0) is 17.6. The van der Waals surface area contributed by atoms with Crippen LogP contribution in [-0.4, -0.2) is 19.7 Å². The molecule has 0 bridgehead atoms. The maximum Gasteiger partial charge on any atom is 0.262 e. The van der Waals surface area contributed by atoms with E-state index in [2.05, 4.69) is 10.1 Å². The summed E-state index contributed by atoms with van der Waals surface area (Å²) in [5, 5.41) is 5.45. The lowest BCUT2D eigenvalue weighted by molar-refractivity contribution is 0.372. The van der Waals surface area contributed by atoms with Gasteiger partial charge in [0.15, 0.2) is 11.0 Å². The number of para-hydroxylation sites is 1. The van der Waals surface area contributed by atoms with Gasteiger partial charge in [0.25, 0.3) is 5.56 Å². The van der Waals surface area contributed by atoms with E-state index in [9.17, 15) is 4.79 Å². The molecule has 1 aliphatic rings. The molecule has 1 saturated carbocycles. The van der Waals surface area contributed by atoms with Crippen molar-refractivity contribution in [2.45, 2.75) is 56.0 Å². The third kappa shape index (κ3) is 3.20. The van der Waals surface area contributed by atoms with Crippen LogP contribution >= 0.6 is 11.8 Å². The van der Waals surface area contributed by atoms with Crippen molar-refractivity contribution >= 4 is 22.7 Å². The van der Waals surface area contributed by atoms with E-state index in [0.717, 1.165) is 23.5 Å². The Morgan fingerprint density at radius 2 is 2.00 bits per heavy atom. The van der Waals surface area contributed by atoms with Gasteiger partial charge < -0.3 is 4.52 Å². The molecule has 0 aliphatic heterocycles. The van der Waals surface area contributed by atoms with Crippen LogP contribution in [0, 0.1) is 0 Å². The molecule has 25 heavy (non-hydrogen) atoms. The van der Waals surface area contributed by atoms with Crippen LogP contribution in [0.1, 0.15) is 51.4 Å². The summed E-state index contributed by atoms with van der Waals surface area (Å²) in [5.74, 6) is 1.74. The van der Waals surface area contributed by atoms with E-state index in [1.165, 1.54) is 11.8 Å². The molecule has 0 spiro atoms. The first-order valence-electron chi connectivity index (χ1n) is 8.40. The predicted molar refractivity (Wildman–Crippen MR) is 96.8 cm³/mol. The summed E-state index contributed by atoms with van der Waals surface area (Å²) in [5.41, 5.74) is 0.619. The normalized spacial score (nSPS) is 15.0. The third-order valence-electron chi connectivity index (χ3n) is 4.15. The zero-order valence-corrected chi connectivity index (χ0v) is 15.3. The van der Waals surface area contributed by atoms with Crippen LogP contribution in [0.5, 0.6) is 0 Å².